The Morgan fingerprint density at radius 2 is 2.14 bits per heavy atom. The first-order valence-corrected chi connectivity index (χ1v) is 5.85. The number of nitrogens with zero attached hydrogens (tertiary/aromatic N) is 1. The molecule has 2 aromatic rings. The van der Waals surface area contributed by atoms with Crippen molar-refractivity contribution in [1.29, 1.82) is 0 Å². The summed E-state index contributed by atoms with van der Waals surface area (Å²) in [7, 11) is 0. The highest BCUT2D eigenvalue weighted by atomic mass is 32.1. The van der Waals surface area contributed by atoms with Crippen LogP contribution >= 0.6 is 11.3 Å². The Labute approximate surface area is 88.8 Å². The number of pyridine rings is 1. The van der Waals surface area contributed by atoms with Crippen LogP contribution in [0.3, 0.4) is 0 Å². The monoisotopic (exact) mass is 205 g/mol. The molecular formula is C12H15NS. The summed E-state index contributed by atoms with van der Waals surface area (Å²) in [6.45, 7) is 6.79. The molecule has 0 saturated heterocycles. The van der Waals surface area contributed by atoms with Gasteiger partial charge in [0.15, 0.2) is 0 Å². The fraction of sp³-hybridized carbons (Fsp3) is 0.417. The van der Waals surface area contributed by atoms with Gasteiger partial charge in [-0.05, 0) is 34.2 Å². The molecule has 0 aliphatic carbocycles. The first-order chi connectivity index (χ1) is 6.65. The molecule has 0 amide bonds. The summed E-state index contributed by atoms with van der Waals surface area (Å²) < 4.78 is 1.30. The van der Waals surface area contributed by atoms with Gasteiger partial charge in [-0.2, -0.15) is 0 Å². The molecule has 2 aromatic heterocycles. The number of aromatic nitrogens is 1. The van der Waals surface area contributed by atoms with Crippen molar-refractivity contribution in [1.82, 2.24) is 4.98 Å². The Hall–Kier alpha value is -0.890. The van der Waals surface area contributed by atoms with Gasteiger partial charge >= 0.3 is 0 Å². The molecule has 0 aliphatic rings. The van der Waals surface area contributed by atoms with Crippen molar-refractivity contribution < 1.29 is 0 Å². The van der Waals surface area contributed by atoms with Crippen molar-refractivity contribution in [2.24, 2.45) is 0 Å². The second-order valence-corrected chi connectivity index (χ2v) is 5.20. The molecule has 0 unspecified atom stereocenters. The zero-order valence-electron chi connectivity index (χ0n) is 8.87. The van der Waals surface area contributed by atoms with E-state index in [1.807, 2.05) is 12.4 Å². The summed E-state index contributed by atoms with van der Waals surface area (Å²) in [5.74, 6) is 0. The first-order valence-electron chi connectivity index (χ1n) is 4.97. The van der Waals surface area contributed by atoms with Gasteiger partial charge in [0.05, 0.1) is 4.70 Å². The van der Waals surface area contributed by atoms with Crippen LogP contribution in [0.2, 0.25) is 0 Å². The third kappa shape index (κ3) is 1.44. The van der Waals surface area contributed by atoms with E-state index in [1.165, 1.54) is 15.6 Å². The molecule has 2 heteroatoms. The third-order valence-electron chi connectivity index (χ3n) is 2.99. The van der Waals surface area contributed by atoms with Crippen LogP contribution < -0.4 is 0 Å². The number of thiophene rings is 1. The van der Waals surface area contributed by atoms with Crippen LogP contribution in [0.15, 0.2) is 23.8 Å². The van der Waals surface area contributed by atoms with Crippen LogP contribution in [0.25, 0.3) is 10.1 Å². The predicted molar refractivity (Wildman–Crippen MR) is 62.9 cm³/mol. The molecule has 0 atom stereocenters. The van der Waals surface area contributed by atoms with E-state index < -0.39 is 0 Å². The van der Waals surface area contributed by atoms with Gasteiger partial charge < -0.3 is 0 Å². The van der Waals surface area contributed by atoms with Crippen molar-refractivity contribution in [2.45, 2.75) is 32.6 Å². The minimum atomic E-state index is 0.230. The number of hydrogen-bond donors (Lipinski definition) is 0. The third-order valence-corrected chi connectivity index (χ3v) is 3.85. The average molecular weight is 205 g/mol. The molecule has 0 bridgehead atoms. The molecule has 74 valence electrons. The van der Waals surface area contributed by atoms with Gasteiger partial charge in [0, 0.05) is 12.4 Å². The van der Waals surface area contributed by atoms with Gasteiger partial charge in [0.25, 0.3) is 0 Å². The maximum Gasteiger partial charge on any atom is 0.0529 e. The predicted octanol–water partition coefficient (Wildman–Crippen LogP) is 3.98. The van der Waals surface area contributed by atoms with Crippen LogP contribution in [-0.4, -0.2) is 4.98 Å². The molecule has 2 rings (SSSR count). The fourth-order valence-corrected chi connectivity index (χ4v) is 2.40. The molecule has 0 aromatic carbocycles. The van der Waals surface area contributed by atoms with Crippen LogP contribution in [-0.2, 0) is 5.41 Å². The summed E-state index contributed by atoms with van der Waals surface area (Å²) in [5.41, 5.74) is 1.60. The molecule has 14 heavy (non-hydrogen) atoms. The zero-order valence-corrected chi connectivity index (χ0v) is 9.69. The molecule has 0 N–H and O–H groups in total. The van der Waals surface area contributed by atoms with E-state index >= 15 is 0 Å². The molecule has 0 aliphatic heterocycles. The lowest BCUT2D eigenvalue weighted by molar-refractivity contribution is 0.509. The highest BCUT2D eigenvalue weighted by Crippen LogP contribution is 2.33. The van der Waals surface area contributed by atoms with Gasteiger partial charge in [-0.25, -0.2) is 0 Å². The van der Waals surface area contributed by atoms with E-state index in [4.69, 9.17) is 0 Å². The van der Waals surface area contributed by atoms with Crippen molar-refractivity contribution in [3.63, 3.8) is 0 Å². The molecule has 2 heterocycles. The summed E-state index contributed by atoms with van der Waals surface area (Å²) in [6.07, 6.45) is 5.11. The van der Waals surface area contributed by atoms with Crippen LogP contribution in [0.4, 0.5) is 0 Å². The van der Waals surface area contributed by atoms with E-state index in [-0.39, 0.29) is 5.41 Å². The number of rotatable bonds is 2. The lowest BCUT2D eigenvalue weighted by atomic mass is 9.82. The van der Waals surface area contributed by atoms with Crippen molar-refractivity contribution in [3.8, 4) is 0 Å². The summed E-state index contributed by atoms with van der Waals surface area (Å²) >= 11 is 1.77. The van der Waals surface area contributed by atoms with Crippen LogP contribution in [0.5, 0.6) is 0 Å². The van der Waals surface area contributed by atoms with Crippen molar-refractivity contribution >= 4 is 21.4 Å². The van der Waals surface area contributed by atoms with Crippen molar-refractivity contribution in [3.05, 3.63) is 29.4 Å². The van der Waals surface area contributed by atoms with Crippen LogP contribution in [0, 0.1) is 0 Å². The Bertz CT molecular complexity index is 442. The maximum absolute atomic E-state index is 4.31. The Kier molecular flexibility index (Phi) is 2.31. The molecular weight excluding hydrogens is 190 g/mol. The van der Waals surface area contributed by atoms with E-state index in [9.17, 15) is 0 Å². The summed E-state index contributed by atoms with van der Waals surface area (Å²) in [4.78, 5) is 4.31. The normalized spacial score (nSPS) is 12.2. The van der Waals surface area contributed by atoms with Crippen molar-refractivity contribution in [2.75, 3.05) is 0 Å². The number of hydrogen-bond acceptors (Lipinski definition) is 2. The van der Waals surface area contributed by atoms with E-state index in [0.29, 0.717) is 0 Å². The second kappa shape index (κ2) is 3.35. The quantitative estimate of drug-likeness (QED) is 0.722. The zero-order chi connectivity index (χ0) is 10.2. The SMILES string of the molecule is CCC(C)(C)c1cncc2sccc12. The Balaban J connectivity index is 2.67. The largest absolute Gasteiger partial charge is 0.263 e. The Morgan fingerprint density at radius 1 is 1.36 bits per heavy atom. The van der Waals surface area contributed by atoms with E-state index in [1.54, 1.807) is 11.3 Å². The average Bonchev–Trinajstić information content (AvgIpc) is 2.64. The fourth-order valence-electron chi connectivity index (χ4n) is 1.62. The molecule has 0 spiro atoms. The summed E-state index contributed by atoms with van der Waals surface area (Å²) in [5, 5.41) is 3.51. The van der Waals surface area contributed by atoms with Gasteiger partial charge in [0.1, 0.15) is 0 Å². The van der Waals surface area contributed by atoms with Gasteiger partial charge in [-0.1, -0.05) is 20.8 Å². The molecule has 0 radical (unpaired) electrons. The molecule has 1 nitrogen and oxygen atoms in total. The highest BCUT2D eigenvalue weighted by molar-refractivity contribution is 7.17. The minimum Gasteiger partial charge on any atom is -0.263 e. The summed E-state index contributed by atoms with van der Waals surface area (Å²) in [6, 6.07) is 2.20. The molecule has 0 fully saturated rings. The first kappa shape index (κ1) is 9.66. The van der Waals surface area contributed by atoms with Gasteiger partial charge in [-0.3, -0.25) is 4.98 Å². The lowest BCUT2D eigenvalue weighted by Crippen LogP contribution is -2.15. The smallest absolute Gasteiger partial charge is 0.0529 e. The second-order valence-electron chi connectivity index (χ2n) is 4.26. The van der Waals surface area contributed by atoms with Gasteiger partial charge in [0.2, 0.25) is 0 Å². The minimum absolute atomic E-state index is 0.230. The molecule has 0 saturated carbocycles. The van der Waals surface area contributed by atoms with Gasteiger partial charge in [-0.15, -0.1) is 11.3 Å². The van der Waals surface area contributed by atoms with Crippen LogP contribution in [0.1, 0.15) is 32.8 Å². The Morgan fingerprint density at radius 3 is 2.86 bits per heavy atom. The van der Waals surface area contributed by atoms with E-state index in [2.05, 4.69) is 37.2 Å². The standard InChI is InChI=1S/C12H15NS/c1-4-12(2,3)10-7-13-8-11-9(10)5-6-14-11/h5-8H,4H2,1-3H3. The number of fused-ring (bicyclic) bond motifs is 1. The maximum atomic E-state index is 4.31. The lowest BCUT2D eigenvalue weighted by Gasteiger charge is -2.23. The van der Waals surface area contributed by atoms with E-state index in [0.717, 1.165) is 6.42 Å². The topological polar surface area (TPSA) is 12.9 Å². The highest BCUT2D eigenvalue weighted by Gasteiger charge is 2.20.